The third-order valence-corrected chi connectivity index (χ3v) is 4.78. The van der Waals surface area contributed by atoms with Crippen LogP contribution in [-0.4, -0.2) is 40.6 Å². The summed E-state index contributed by atoms with van der Waals surface area (Å²) in [5, 5.41) is 2.12. The van der Waals surface area contributed by atoms with Crippen LogP contribution in [0.1, 0.15) is 50.4 Å². The zero-order valence-corrected chi connectivity index (χ0v) is 16.7. The summed E-state index contributed by atoms with van der Waals surface area (Å²) in [5.74, 6) is -0.378. The van der Waals surface area contributed by atoms with Gasteiger partial charge in [0.15, 0.2) is 0 Å². The molecule has 3 rings (SSSR count). The second kappa shape index (κ2) is 8.08. The van der Waals surface area contributed by atoms with Crippen molar-refractivity contribution in [2.45, 2.75) is 45.6 Å². The van der Waals surface area contributed by atoms with E-state index in [1.54, 1.807) is 23.1 Å². The standard InChI is InChI=1S/C20H24N2O4S/c1-20(2,3)26-17(23)15-9-7-8-14(12-15)16-13-27-18(21-16)25-19(24)22-10-5-4-6-11-22/h7-9,12-13H,4-6,10-11H2,1-3H3. The first-order valence-corrected chi connectivity index (χ1v) is 9.96. The average molecular weight is 388 g/mol. The fourth-order valence-corrected chi connectivity index (χ4v) is 3.47. The number of ether oxygens (including phenoxy) is 2. The molecule has 1 aliphatic heterocycles. The molecule has 1 aromatic carbocycles. The van der Waals surface area contributed by atoms with Gasteiger partial charge in [-0.25, -0.2) is 14.6 Å². The van der Waals surface area contributed by atoms with E-state index >= 15 is 0 Å². The smallest absolute Gasteiger partial charge is 0.417 e. The summed E-state index contributed by atoms with van der Waals surface area (Å²) in [7, 11) is 0. The van der Waals surface area contributed by atoms with Crippen LogP contribution in [0.4, 0.5) is 4.79 Å². The van der Waals surface area contributed by atoms with Crippen LogP contribution < -0.4 is 4.74 Å². The zero-order valence-electron chi connectivity index (χ0n) is 15.9. The Kier molecular flexibility index (Phi) is 5.79. The Bertz CT molecular complexity index is 819. The highest BCUT2D eigenvalue weighted by molar-refractivity contribution is 7.11. The summed E-state index contributed by atoms with van der Waals surface area (Å²) in [6.07, 6.45) is 2.82. The van der Waals surface area contributed by atoms with Crippen molar-refractivity contribution in [1.82, 2.24) is 9.88 Å². The number of benzene rings is 1. The Hall–Kier alpha value is -2.41. The van der Waals surface area contributed by atoms with Crippen LogP contribution in [-0.2, 0) is 4.74 Å². The van der Waals surface area contributed by atoms with Crippen LogP contribution in [0.2, 0.25) is 0 Å². The first-order valence-electron chi connectivity index (χ1n) is 9.08. The van der Waals surface area contributed by atoms with Gasteiger partial charge in [0, 0.05) is 24.0 Å². The number of carbonyl (C=O) groups is 2. The fraction of sp³-hybridized carbons (Fsp3) is 0.450. The van der Waals surface area contributed by atoms with Gasteiger partial charge in [0.1, 0.15) is 5.60 Å². The van der Waals surface area contributed by atoms with Crippen LogP contribution >= 0.6 is 11.3 Å². The van der Waals surface area contributed by atoms with Crippen molar-refractivity contribution >= 4 is 23.4 Å². The topological polar surface area (TPSA) is 68.7 Å². The molecule has 7 heteroatoms. The van der Waals surface area contributed by atoms with Gasteiger partial charge in [-0.2, -0.15) is 0 Å². The monoisotopic (exact) mass is 388 g/mol. The van der Waals surface area contributed by atoms with E-state index in [1.807, 2.05) is 32.2 Å². The van der Waals surface area contributed by atoms with E-state index in [0.717, 1.165) is 37.9 Å². The molecular formula is C20H24N2O4S. The lowest BCUT2D eigenvalue weighted by Gasteiger charge is -2.24. The summed E-state index contributed by atoms with van der Waals surface area (Å²) < 4.78 is 10.8. The predicted octanol–water partition coefficient (Wildman–Crippen LogP) is 4.75. The average Bonchev–Trinajstić information content (AvgIpc) is 3.10. The Balaban J connectivity index is 1.70. The molecule has 0 unspecified atom stereocenters. The number of thiazole rings is 1. The molecular weight excluding hydrogens is 364 g/mol. The highest BCUT2D eigenvalue weighted by Gasteiger charge is 2.21. The number of amides is 1. The third kappa shape index (κ3) is 5.29. The largest absolute Gasteiger partial charge is 0.456 e. The van der Waals surface area contributed by atoms with E-state index < -0.39 is 5.60 Å². The molecule has 0 bridgehead atoms. The lowest BCUT2D eigenvalue weighted by atomic mass is 10.1. The maximum atomic E-state index is 12.3. The van der Waals surface area contributed by atoms with Gasteiger partial charge in [-0.3, -0.25) is 0 Å². The first-order chi connectivity index (χ1) is 12.8. The van der Waals surface area contributed by atoms with Gasteiger partial charge in [0.25, 0.3) is 5.19 Å². The number of piperidine rings is 1. The first kappa shape index (κ1) is 19.4. The van der Waals surface area contributed by atoms with E-state index in [-0.39, 0.29) is 12.1 Å². The number of aromatic nitrogens is 1. The molecule has 1 amide bonds. The van der Waals surface area contributed by atoms with Crippen molar-refractivity contribution in [3.8, 4) is 16.5 Å². The minimum absolute atomic E-state index is 0.309. The van der Waals surface area contributed by atoms with E-state index in [4.69, 9.17) is 9.47 Å². The summed E-state index contributed by atoms with van der Waals surface area (Å²) in [4.78, 5) is 30.6. The number of hydrogen-bond acceptors (Lipinski definition) is 6. The molecule has 0 saturated carbocycles. The number of likely N-dealkylation sites (tertiary alicyclic amines) is 1. The molecule has 0 atom stereocenters. The Morgan fingerprint density at radius 2 is 1.89 bits per heavy atom. The lowest BCUT2D eigenvalue weighted by Crippen LogP contribution is -2.37. The quantitative estimate of drug-likeness (QED) is 0.710. The maximum Gasteiger partial charge on any atom is 0.417 e. The molecule has 0 spiro atoms. The zero-order chi connectivity index (χ0) is 19.4. The summed E-state index contributed by atoms with van der Waals surface area (Å²) >= 11 is 1.26. The SMILES string of the molecule is CC(C)(C)OC(=O)c1cccc(-c2csc(OC(=O)N3CCCCC3)n2)c1. The summed E-state index contributed by atoms with van der Waals surface area (Å²) in [5.41, 5.74) is 1.34. The predicted molar refractivity (Wildman–Crippen MR) is 104 cm³/mol. The highest BCUT2D eigenvalue weighted by Crippen LogP contribution is 2.28. The molecule has 1 fully saturated rings. The Morgan fingerprint density at radius 1 is 1.15 bits per heavy atom. The van der Waals surface area contributed by atoms with Gasteiger partial charge in [-0.05, 0) is 52.2 Å². The summed E-state index contributed by atoms with van der Waals surface area (Å²) in [6, 6.07) is 7.09. The van der Waals surface area contributed by atoms with Gasteiger partial charge < -0.3 is 14.4 Å². The molecule has 0 aliphatic carbocycles. The van der Waals surface area contributed by atoms with Crippen LogP contribution in [0, 0.1) is 0 Å². The van der Waals surface area contributed by atoms with Crippen molar-refractivity contribution in [3.05, 3.63) is 35.2 Å². The molecule has 27 heavy (non-hydrogen) atoms. The fourth-order valence-electron chi connectivity index (χ4n) is 2.79. The highest BCUT2D eigenvalue weighted by atomic mass is 32.1. The van der Waals surface area contributed by atoms with E-state index in [9.17, 15) is 9.59 Å². The van der Waals surface area contributed by atoms with E-state index in [2.05, 4.69) is 4.98 Å². The van der Waals surface area contributed by atoms with Crippen LogP contribution in [0.15, 0.2) is 29.6 Å². The summed E-state index contributed by atoms with van der Waals surface area (Å²) in [6.45, 7) is 6.96. The molecule has 1 aromatic heterocycles. The number of carbonyl (C=O) groups excluding carboxylic acids is 2. The molecule has 2 aromatic rings. The normalized spacial score (nSPS) is 14.7. The van der Waals surface area contributed by atoms with Crippen molar-refractivity contribution < 1.29 is 19.1 Å². The number of nitrogens with zero attached hydrogens (tertiary/aromatic N) is 2. The molecule has 144 valence electrons. The van der Waals surface area contributed by atoms with Crippen LogP contribution in [0.5, 0.6) is 5.19 Å². The molecule has 0 N–H and O–H groups in total. The second-order valence-electron chi connectivity index (χ2n) is 7.50. The molecule has 6 nitrogen and oxygen atoms in total. The number of esters is 1. The van der Waals surface area contributed by atoms with Gasteiger partial charge in [0.2, 0.25) is 0 Å². The van der Waals surface area contributed by atoms with Gasteiger partial charge in [0.05, 0.1) is 11.3 Å². The lowest BCUT2D eigenvalue weighted by molar-refractivity contribution is 0.00695. The van der Waals surface area contributed by atoms with Gasteiger partial charge in [-0.15, -0.1) is 0 Å². The van der Waals surface area contributed by atoms with Crippen molar-refractivity contribution in [3.63, 3.8) is 0 Å². The number of rotatable bonds is 3. The van der Waals surface area contributed by atoms with Gasteiger partial charge in [-0.1, -0.05) is 23.5 Å². The Morgan fingerprint density at radius 3 is 2.59 bits per heavy atom. The van der Waals surface area contributed by atoms with Crippen molar-refractivity contribution in [2.75, 3.05) is 13.1 Å². The minimum atomic E-state index is -0.552. The van der Waals surface area contributed by atoms with Crippen LogP contribution in [0.25, 0.3) is 11.3 Å². The minimum Gasteiger partial charge on any atom is -0.456 e. The van der Waals surface area contributed by atoms with Gasteiger partial charge >= 0.3 is 12.1 Å². The second-order valence-corrected chi connectivity index (χ2v) is 8.32. The van der Waals surface area contributed by atoms with Crippen molar-refractivity contribution in [2.24, 2.45) is 0 Å². The third-order valence-electron chi connectivity index (χ3n) is 4.06. The van der Waals surface area contributed by atoms with E-state index in [0.29, 0.717) is 16.5 Å². The molecule has 0 radical (unpaired) electrons. The number of hydrogen-bond donors (Lipinski definition) is 0. The maximum absolute atomic E-state index is 12.3. The molecule has 1 aliphatic rings. The van der Waals surface area contributed by atoms with Crippen LogP contribution in [0.3, 0.4) is 0 Å². The Labute approximate surface area is 163 Å². The molecule has 2 heterocycles. The van der Waals surface area contributed by atoms with E-state index in [1.165, 1.54) is 11.3 Å². The van der Waals surface area contributed by atoms with Crippen molar-refractivity contribution in [1.29, 1.82) is 0 Å². The molecule has 1 saturated heterocycles.